The average molecular weight is 599 g/mol. The van der Waals surface area contributed by atoms with Crippen LogP contribution in [0.25, 0.3) is 0 Å². The summed E-state index contributed by atoms with van der Waals surface area (Å²) in [6.45, 7) is 8.27. The maximum absolute atomic E-state index is 13.4. The number of benzene rings is 1. The molecule has 1 aromatic rings. The third kappa shape index (κ3) is 4.96. The summed E-state index contributed by atoms with van der Waals surface area (Å²) in [5.74, 6) is 3.41. The average Bonchev–Trinajstić information content (AvgIpc) is 3.32. The van der Waals surface area contributed by atoms with Crippen molar-refractivity contribution in [3.8, 4) is 11.5 Å². The molecule has 13 atom stereocenters. The third-order valence-corrected chi connectivity index (χ3v) is 12.5. The highest BCUT2D eigenvalue weighted by Crippen LogP contribution is 2.69. The predicted molar refractivity (Wildman–Crippen MR) is 161 cm³/mol. The first-order valence-electron chi connectivity index (χ1n) is 16.2. The van der Waals surface area contributed by atoms with Gasteiger partial charge in [-0.25, -0.2) is 0 Å². The zero-order chi connectivity index (χ0) is 30.8. The Labute approximate surface area is 255 Å². The molecule has 6 rings (SSSR count). The summed E-state index contributed by atoms with van der Waals surface area (Å²) in [6.07, 6.45) is 3.78. The Kier molecular flexibility index (Phi) is 8.25. The van der Waals surface area contributed by atoms with Gasteiger partial charge >= 0.3 is 0 Å². The molecule has 3 saturated carbocycles. The molecule has 0 spiro atoms. The first-order chi connectivity index (χ1) is 20.4. The maximum Gasteiger partial charge on any atom is 0.186 e. The summed E-state index contributed by atoms with van der Waals surface area (Å²) in [4.78, 5) is 13.4. The Morgan fingerprint density at radius 3 is 2.47 bits per heavy atom. The van der Waals surface area contributed by atoms with Gasteiger partial charge in [-0.3, -0.25) is 4.79 Å². The zero-order valence-corrected chi connectivity index (χ0v) is 26.5. The van der Waals surface area contributed by atoms with Gasteiger partial charge in [0.05, 0.1) is 26.4 Å². The highest BCUT2D eigenvalue weighted by molar-refractivity contribution is 5.81. The summed E-state index contributed by atoms with van der Waals surface area (Å²) < 4.78 is 23.4. The Morgan fingerprint density at radius 1 is 1.00 bits per heavy atom. The number of carbonyl (C=O) groups excluding carboxylic acids is 1. The van der Waals surface area contributed by atoms with Gasteiger partial charge in [-0.15, -0.1) is 0 Å². The normalized spacial score (nSPS) is 45.8. The number of ketones is 1. The van der Waals surface area contributed by atoms with Crippen molar-refractivity contribution in [2.75, 3.05) is 14.2 Å². The predicted octanol–water partition coefficient (Wildman–Crippen LogP) is 4.78. The smallest absolute Gasteiger partial charge is 0.186 e. The van der Waals surface area contributed by atoms with Crippen molar-refractivity contribution in [3.05, 3.63) is 35.4 Å². The van der Waals surface area contributed by atoms with Crippen molar-refractivity contribution in [3.63, 3.8) is 0 Å². The number of fused-ring (bicyclic) bond motifs is 5. The van der Waals surface area contributed by atoms with Crippen LogP contribution in [0.3, 0.4) is 0 Å². The van der Waals surface area contributed by atoms with Crippen molar-refractivity contribution in [1.82, 2.24) is 0 Å². The van der Waals surface area contributed by atoms with Gasteiger partial charge in [0, 0.05) is 11.5 Å². The van der Waals surface area contributed by atoms with E-state index in [1.54, 1.807) is 28.1 Å². The molecule has 0 bridgehead atoms. The number of hydrogen-bond donors (Lipinski definition) is 3. The van der Waals surface area contributed by atoms with Crippen molar-refractivity contribution < 1.29 is 39.1 Å². The minimum atomic E-state index is -1.29. The van der Waals surface area contributed by atoms with Gasteiger partial charge in [0.2, 0.25) is 0 Å². The van der Waals surface area contributed by atoms with Gasteiger partial charge in [-0.05, 0) is 111 Å². The number of rotatable bonds is 6. The van der Waals surface area contributed by atoms with Crippen molar-refractivity contribution in [2.24, 2.45) is 34.5 Å². The molecule has 238 valence electrons. The highest BCUT2D eigenvalue weighted by Gasteiger charge is 2.62. The second-order valence-electron chi connectivity index (χ2n) is 14.5. The Bertz CT molecular complexity index is 1250. The summed E-state index contributed by atoms with van der Waals surface area (Å²) in [6, 6.07) is 5.97. The number of aliphatic hydroxyl groups excluding tert-OH is 3. The summed E-state index contributed by atoms with van der Waals surface area (Å²) in [5, 5.41) is 30.9. The highest BCUT2D eigenvalue weighted by atomic mass is 16.7. The molecular weight excluding hydrogens is 548 g/mol. The lowest BCUT2D eigenvalue weighted by molar-refractivity contribution is -0.305. The minimum Gasteiger partial charge on any atom is -0.497 e. The van der Waals surface area contributed by atoms with E-state index < -0.39 is 30.7 Å². The molecule has 8 nitrogen and oxygen atoms in total. The Morgan fingerprint density at radius 2 is 1.77 bits per heavy atom. The van der Waals surface area contributed by atoms with Gasteiger partial charge in [0.1, 0.15) is 35.6 Å². The van der Waals surface area contributed by atoms with Crippen LogP contribution in [0.15, 0.2) is 29.8 Å². The zero-order valence-electron chi connectivity index (χ0n) is 26.5. The van der Waals surface area contributed by atoms with Crippen LogP contribution in [0, 0.1) is 34.5 Å². The molecule has 8 heteroatoms. The first-order valence-corrected chi connectivity index (χ1v) is 16.2. The van der Waals surface area contributed by atoms with Gasteiger partial charge in [-0.2, -0.15) is 0 Å². The van der Waals surface area contributed by atoms with E-state index in [4.69, 9.17) is 18.9 Å². The molecule has 1 heterocycles. The van der Waals surface area contributed by atoms with E-state index in [1.807, 2.05) is 12.1 Å². The SMILES string of the molecule is COc1ccc(OC)c(C2CC3C4CC=C5CC(OC6O[C@@H](C)[C@@H](O)C(O)[C@@H]6O)CCC5(C)C4CCC3(C)C2C(C)=O)c1. The van der Waals surface area contributed by atoms with E-state index in [0.29, 0.717) is 17.8 Å². The molecule has 0 amide bonds. The lowest BCUT2D eigenvalue weighted by Gasteiger charge is -2.58. The van der Waals surface area contributed by atoms with Crippen molar-refractivity contribution in [2.45, 2.75) is 115 Å². The van der Waals surface area contributed by atoms with Gasteiger partial charge in [0.15, 0.2) is 6.29 Å². The topological polar surface area (TPSA) is 115 Å². The molecular formula is C35H50O8. The number of ether oxygens (including phenoxy) is 4. The fourth-order valence-corrected chi connectivity index (χ4v) is 10.3. The van der Waals surface area contributed by atoms with Crippen LogP contribution in [-0.4, -0.2) is 72.1 Å². The molecule has 0 radical (unpaired) electrons. The summed E-state index contributed by atoms with van der Waals surface area (Å²) in [7, 11) is 3.38. The number of methoxy groups -OCH3 is 2. The van der Waals surface area contributed by atoms with E-state index in [0.717, 1.165) is 62.0 Å². The molecule has 5 aliphatic rings. The van der Waals surface area contributed by atoms with Crippen LogP contribution >= 0.6 is 0 Å². The number of hydrogen-bond acceptors (Lipinski definition) is 8. The van der Waals surface area contributed by atoms with Crippen LogP contribution < -0.4 is 9.47 Å². The van der Waals surface area contributed by atoms with Crippen LogP contribution in [0.4, 0.5) is 0 Å². The number of aliphatic hydroxyl groups is 3. The van der Waals surface area contributed by atoms with E-state index in [-0.39, 0.29) is 34.6 Å². The van der Waals surface area contributed by atoms with Gasteiger partial charge in [0.25, 0.3) is 0 Å². The molecule has 4 fully saturated rings. The van der Waals surface area contributed by atoms with E-state index in [1.165, 1.54) is 5.57 Å². The molecule has 1 saturated heterocycles. The van der Waals surface area contributed by atoms with Crippen LogP contribution in [-0.2, 0) is 14.3 Å². The first kappa shape index (κ1) is 31.0. The molecule has 1 aromatic carbocycles. The molecule has 10 unspecified atom stereocenters. The maximum atomic E-state index is 13.4. The van der Waals surface area contributed by atoms with Crippen LogP contribution in [0.2, 0.25) is 0 Å². The van der Waals surface area contributed by atoms with Gasteiger partial charge in [-0.1, -0.05) is 25.5 Å². The second kappa shape index (κ2) is 11.4. The van der Waals surface area contributed by atoms with Gasteiger partial charge < -0.3 is 34.3 Å². The van der Waals surface area contributed by atoms with Crippen LogP contribution in [0.1, 0.15) is 84.1 Å². The molecule has 43 heavy (non-hydrogen) atoms. The van der Waals surface area contributed by atoms with Crippen molar-refractivity contribution in [1.29, 1.82) is 0 Å². The fourth-order valence-electron chi connectivity index (χ4n) is 10.3. The lowest BCUT2D eigenvalue weighted by atomic mass is 9.47. The molecule has 3 N–H and O–H groups in total. The molecule has 0 aromatic heterocycles. The Hall–Kier alpha value is -1.97. The number of Topliss-reactive ketones (excluding diaryl/α,β-unsaturated/α-hetero) is 1. The number of carbonyl (C=O) groups is 1. The standard InChI is InChI=1S/C35H50O8/c1-18(36)29-25(24-16-21(40-5)8-10-28(24)41-6)17-27-23-9-7-20-15-22(43-33-32(39)31(38)30(37)19(2)42-33)11-13-34(20,3)26(23)12-14-35(27,29)4/h7-8,10,16,19,22-23,25-27,29-33,37-39H,9,11-15,17H2,1-6H3/t19-,22?,23?,25?,26?,27?,29?,30+,31?,32-,33?,34?,35?/m0/s1. The summed E-state index contributed by atoms with van der Waals surface area (Å²) >= 11 is 0. The summed E-state index contributed by atoms with van der Waals surface area (Å²) in [5.41, 5.74) is 2.52. The molecule has 4 aliphatic carbocycles. The molecule has 1 aliphatic heterocycles. The largest absolute Gasteiger partial charge is 0.497 e. The number of allylic oxidation sites excluding steroid dienone is 1. The van der Waals surface area contributed by atoms with E-state index in [2.05, 4.69) is 26.0 Å². The van der Waals surface area contributed by atoms with E-state index in [9.17, 15) is 20.1 Å². The minimum absolute atomic E-state index is 0.0556. The lowest BCUT2D eigenvalue weighted by Crippen LogP contribution is -2.58. The second-order valence-corrected chi connectivity index (χ2v) is 14.5. The quantitative estimate of drug-likeness (QED) is 0.401. The monoisotopic (exact) mass is 598 g/mol. The third-order valence-electron chi connectivity index (χ3n) is 12.5. The fraction of sp³-hybridized carbons (Fsp3) is 0.743. The van der Waals surface area contributed by atoms with E-state index >= 15 is 0 Å². The van der Waals surface area contributed by atoms with Crippen molar-refractivity contribution >= 4 is 5.78 Å². The Balaban J connectivity index is 1.24. The van der Waals surface area contributed by atoms with Crippen LogP contribution in [0.5, 0.6) is 11.5 Å².